The van der Waals surface area contributed by atoms with Crippen LogP contribution >= 0.6 is 11.8 Å². The number of hydrogen-bond acceptors (Lipinski definition) is 5. The lowest BCUT2D eigenvalue weighted by Gasteiger charge is -2.00. The molecule has 1 aromatic rings. The van der Waals surface area contributed by atoms with Gasteiger partial charge < -0.3 is 4.52 Å². The second kappa shape index (κ2) is 5.03. The summed E-state index contributed by atoms with van der Waals surface area (Å²) in [5, 5.41) is 3.84. The molecule has 1 rings (SSSR count). The molecule has 0 amide bonds. The van der Waals surface area contributed by atoms with Crippen LogP contribution < -0.4 is 0 Å². The lowest BCUT2D eigenvalue weighted by Crippen LogP contribution is -2.05. The summed E-state index contributed by atoms with van der Waals surface area (Å²) in [6.45, 7) is 3.76. The summed E-state index contributed by atoms with van der Waals surface area (Å²) in [6.07, 6.45) is 1.25. The molecule has 0 unspecified atom stereocenters. The highest BCUT2D eigenvalue weighted by Crippen LogP contribution is 2.19. The predicted octanol–water partition coefficient (Wildman–Crippen LogP) is 1.57. The van der Waals surface area contributed by atoms with Crippen LogP contribution in [0.1, 0.15) is 17.0 Å². The lowest BCUT2D eigenvalue weighted by molar-refractivity contribution is 0.392. The van der Waals surface area contributed by atoms with Gasteiger partial charge in [0.2, 0.25) is 0 Å². The highest BCUT2D eigenvalue weighted by molar-refractivity contribution is 7.99. The molecular weight excluding hydrogens is 234 g/mol. The Morgan fingerprint density at radius 3 is 2.53 bits per heavy atom. The third-order valence-electron chi connectivity index (χ3n) is 2.03. The fraction of sp³-hybridized carbons (Fsp3) is 0.667. The van der Waals surface area contributed by atoms with Crippen LogP contribution in [-0.4, -0.2) is 31.3 Å². The minimum Gasteiger partial charge on any atom is -0.361 e. The van der Waals surface area contributed by atoms with Crippen molar-refractivity contribution in [1.82, 2.24) is 5.16 Å². The summed E-state index contributed by atoms with van der Waals surface area (Å²) in [5.41, 5.74) is 1.97. The fourth-order valence-corrected chi connectivity index (χ4v) is 3.54. The molecule has 6 heteroatoms. The Labute approximate surface area is 94.3 Å². The molecule has 0 N–H and O–H groups in total. The van der Waals surface area contributed by atoms with Crippen molar-refractivity contribution in [3.63, 3.8) is 0 Å². The number of thioether (sulfide) groups is 1. The molecule has 86 valence electrons. The van der Waals surface area contributed by atoms with Crippen molar-refractivity contribution in [2.45, 2.75) is 19.6 Å². The Morgan fingerprint density at radius 1 is 1.40 bits per heavy atom. The van der Waals surface area contributed by atoms with E-state index in [-0.39, 0.29) is 5.75 Å². The summed E-state index contributed by atoms with van der Waals surface area (Å²) in [6, 6.07) is 0. The molecule has 0 aliphatic rings. The van der Waals surface area contributed by atoms with Crippen LogP contribution in [-0.2, 0) is 15.6 Å². The lowest BCUT2D eigenvalue weighted by atomic mass is 10.2. The Balaban J connectivity index is 2.39. The maximum absolute atomic E-state index is 10.9. The van der Waals surface area contributed by atoms with Crippen LogP contribution in [0.3, 0.4) is 0 Å². The van der Waals surface area contributed by atoms with E-state index in [2.05, 4.69) is 5.16 Å². The average Bonchev–Trinajstić information content (AvgIpc) is 2.40. The average molecular weight is 249 g/mol. The Kier molecular flexibility index (Phi) is 4.21. The monoisotopic (exact) mass is 249 g/mol. The summed E-state index contributed by atoms with van der Waals surface area (Å²) in [4.78, 5) is 0. The third-order valence-corrected chi connectivity index (χ3v) is 4.22. The molecule has 0 aliphatic heterocycles. The van der Waals surface area contributed by atoms with E-state index in [4.69, 9.17) is 4.52 Å². The molecule has 0 atom stereocenters. The number of aromatic nitrogens is 1. The van der Waals surface area contributed by atoms with E-state index in [1.165, 1.54) is 6.26 Å². The number of hydrogen-bond donors (Lipinski definition) is 0. The summed E-state index contributed by atoms with van der Waals surface area (Å²) < 4.78 is 26.8. The van der Waals surface area contributed by atoms with Crippen molar-refractivity contribution in [3.8, 4) is 0 Å². The molecule has 0 fully saturated rings. The first-order valence-corrected chi connectivity index (χ1v) is 7.79. The van der Waals surface area contributed by atoms with Crippen LogP contribution in [0.5, 0.6) is 0 Å². The molecule has 15 heavy (non-hydrogen) atoms. The highest BCUT2D eigenvalue weighted by Gasteiger charge is 2.09. The molecule has 4 nitrogen and oxygen atoms in total. The van der Waals surface area contributed by atoms with Gasteiger partial charge in [-0.05, 0) is 13.8 Å². The largest absolute Gasteiger partial charge is 0.361 e. The molecule has 0 spiro atoms. The number of aryl methyl sites for hydroxylation is 2. The van der Waals surface area contributed by atoms with Gasteiger partial charge in [0, 0.05) is 23.3 Å². The highest BCUT2D eigenvalue weighted by atomic mass is 32.2. The molecule has 0 saturated heterocycles. The first-order valence-electron chi connectivity index (χ1n) is 4.57. The van der Waals surface area contributed by atoms with Gasteiger partial charge in [-0.2, -0.15) is 11.8 Å². The Bertz CT molecular complexity index is 403. The molecule has 1 heterocycles. The predicted molar refractivity (Wildman–Crippen MR) is 61.8 cm³/mol. The van der Waals surface area contributed by atoms with E-state index in [9.17, 15) is 8.42 Å². The maximum atomic E-state index is 10.9. The van der Waals surface area contributed by atoms with E-state index >= 15 is 0 Å². The molecule has 0 saturated carbocycles. The van der Waals surface area contributed by atoms with Gasteiger partial charge in [-0.3, -0.25) is 0 Å². The Hall–Kier alpha value is -0.490. The molecule has 0 aliphatic carbocycles. The SMILES string of the molecule is Cc1noc(C)c1CSCCS(C)(=O)=O. The van der Waals surface area contributed by atoms with Crippen LogP contribution in [0.15, 0.2) is 4.52 Å². The van der Waals surface area contributed by atoms with E-state index in [0.29, 0.717) is 5.75 Å². The van der Waals surface area contributed by atoms with Gasteiger partial charge in [-0.15, -0.1) is 0 Å². The van der Waals surface area contributed by atoms with Crippen molar-refractivity contribution >= 4 is 21.6 Å². The van der Waals surface area contributed by atoms with Crippen LogP contribution in [0.2, 0.25) is 0 Å². The zero-order valence-electron chi connectivity index (χ0n) is 9.11. The van der Waals surface area contributed by atoms with Crippen LogP contribution in [0.25, 0.3) is 0 Å². The van der Waals surface area contributed by atoms with Crippen molar-refractivity contribution < 1.29 is 12.9 Å². The summed E-state index contributed by atoms with van der Waals surface area (Å²) >= 11 is 1.59. The smallest absolute Gasteiger partial charge is 0.148 e. The van der Waals surface area contributed by atoms with Crippen molar-refractivity contribution in [2.24, 2.45) is 0 Å². The fourth-order valence-electron chi connectivity index (χ4n) is 1.09. The van der Waals surface area contributed by atoms with Crippen LogP contribution in [0, 0.1) is 13.8 Å². The van der Waals surface area contributed by atoms with Gasteiger partial charge in [0.15, 0.2) is 0 Å². The topological polar surface area (TPSA) is 60.2 Å². The van der Waals surface area contributed by atoms with Gasteiger partial charge in [-0.25, -0.2) is 8.42 Å². The van der Waals surface area contributed by atoms with E-state index in [1.54, 1.807) is 11.8 Å². The maximum Gasteiger partial charge on any atom is 0.148 e. The van der Waals surface area contributed by atoms with Gasteiger partial charge in [0.1, 0.15) is 15.6 Å². The van der Waals surface area contributed by atoms with Crippen molar-refractivity contribution in [1.29, 1.82) is 0 Å². The normalized spacial score (nSPS) is 11.9. The minimum absolute atomic E-state index is 0.223. The number of sulfone groups is 1. The van der Waals surface area contributed by atoms with E-state index in [0.717, 1.165) is 22.8 Å². The van der Waals surface area contributed by atoms with Gasteiger partial charge in [0.05, 0.1) is 11.4 Å². The second-order valence-electron chi connectivity index (χ2n) is 3.49. The second-order valence-corrected chi connectivity index (χ2v) is 6.85. The summed E-state index contributed by atoms with van der Waals surface area (Å²) in [5.74, 6) is 2.42. The van der Waals surface area contributed by atoms with Gasteiger partial charge in [0.25, 0.3) is 0 Å². The molecule has 1 aromatic heterocycles. The van der Waals surface area contributed by atoms with Crippen LogP contribution in [0.4, 0.5) is 0 Å². The zero-order chi connectivity index (χ0) is 11.5. The van der Waals surface area contributed by atoms with E-state index < -0.39 is 9.84 Å². The molecule has 0 radical (unpaired) electrons. The first-order chi connectivity index (χ1) is 6.90. The number of rotatable bonds is 5. The molecule has 0 aromatic carbocycles. The van der Waals surface area contributed by atoms with Gasteiger partial charge in [-0.1, -0.05) is 5.16 Å². The number of nitrogens with zero attached hydrogens (tertiary/aromatic N) is 1. The molecular formula is C9H15NO3S2. The third kappa shape index (κ3) is 4.25. The Morgan fingerprint density at radius 2 is 2.07 bits per heavy atom. The van der Waals surface area contributed by atoms with E-state index in [1.807, 2.05) is 13.8 Å². The first kappa shape index (κ1) is 12.6. The summed E-state index contributed by atoms with van der Waals surface area (Å²) in [7, 11) is -2.85. The molecule has 0 bridgehead atoms. The quantitative estimate of drug-likeness (QED) is 0.741. The zero-order valence-corrected chi connectivity index (χ0v) is 10.7. The van der Waals surface area contributed by atoms with Gasteiger partial charge >= 0.3 is 0 Å². The standard InChI is InChI=1S/C9H15NO3S2/c1-7-9(8(2)13-10-7)6-14-4-5-15(3,11)12/h4-6H2,1-3H3. The minimum atomic E-state index is -2.85. The van der Waals surface area contributed by atoms with Crippen molar-refractivity contribution in [2.75, 3.05) is 17.8 Å². The van der Waals surface area contributed by atoms with Crippen molar-refractivity contribution in [3.05, 3.63) is 17.0 Å².